The number of nitrogens with one attached hydrogen (secondary N) is 1. The molecule has 1 N–H and O–H groups in total. The monoisotopic (exact) mass is 370 g/mol. The highest BCUT2D eigenvalue weighted by Crippen LogP contribution is 2.29. The molecule has 27 heavy (non-hydrogen) atoms. The zero-order valence-corrected chi connectivity index (χ0v) is 16.1. The van der Waals surface area contributed by atoms with Gasteiger partial charge in [0, 0.05) is 38.4 Å². The van der Waals surface area contributed by atoms with Gasteiger partial charge in [0.1, 0.15) is 17.3 Å². The lowest BCUT2D eigenvalue weighted by atomic mass is 10.2. The molecule has 1 saturated heterocycles. The molecule has 1 aliphatic heterocycles. The lowest BCUT2D eigenvalue weighted by Gasteiger charge is -2.34. The summed E-state index contributed by atoms with van der Waals surface area (Å²) in [6.07, 6.45) is 1.62. The van der Waals surface area contributed by atoms with Gasteiger partial charge in [-0.05, 0) is 30.8 Å². The van der Waals surface area contributed by atoms with E-state index in [1.807, 2.05) is 6.07 Å². The number of benzene rings is 1. The fourth-order valence-corrected chi connectivity index (χ4v) is 3.10. The molecule has 3 rings (SSSR count). The van der Waals surface area contributed by atoms with Crippen molar-refractivity contribution in [2.24, 2.45) is 0 Å². The van der Waals surface area contributed by atoms with Crippen molar-refractivity contribution in [1.29, 1.82) is 0 Å². The van der Waals surface area contributed by atoms with Gasteiger partial charge in [0.2, 0.25) is 0 Å². The van der Waals surface area contributed by atoms with Crippen LogP contribution in [-0.2, 0) is 0 Å². The normalized spacial score (nSPS) is 14.7. The average Bonchev–Trinajstić information content (AvgIpc) is 2.74. The van der Waals surface area contributed by atoms with Gasteiger partial charge in [0.25, 0.3) is 5.91 Å². The molecule has 2 aromatic rings. The highest BCUT2D eigenvalue weighted by Gasteiger charge is 2.17. The van der Waals surface area contributed by atoms with Gasteiger partial charge in [-0.25, -0.2) is 4.98 Å². The van der Waals surface area contributed by atoms with Crippen LogP contribution >= 0.6 is 0 Å². The Morgan fingerprint density at radius 2 is 1.89 bits per heavy atom. The van der Waals surface area contributed by atoms with Crippen molar-refractivity contribution in [3.05, 3.63) is 42.1 Å². The SMILES string of the molecule is CCN1CCN(c2ccc(C(=O)Nc3ccc(OC)cc3OC)cn2)CC1. The first-order valence-corrected chi connectivity index (χ1v) is 9.11. The first kappa shape index (κ1) is 19.0. The summed E-state index contributed by atoms with van der Waals surface area (Å²) in [5.74, 6) is 1.89. The van der Waals surface area contributed by atoms with E-state index in [1.165, 1.54) is 0 Å². The Balaban J connectivity index is 1.66. The molecule has 1 amide bonds. The Labute approximate surface area is 159 Å². The van der Waals surface area contributed by atoms with Crippen LogP contribution in [0.15, 0.2) is 36.5 Å². The Bertz CT molecular complexity index is 771. The molecular formula is C20H26N4O3. The van der Waals surface area contributed by atoms with Crippen LogP contribution in [0.3, 0.4) is 0 Å². The van der Waals surface area contributed by atoms with Gasteiger partial charge in [-0.3, -0.25) is 4.79 Å². The summed E-state index contributed by atoms with van der Waals surface area (Å²) in [6, 6.07) is 8.97. The van der Waals surface area contributed by atoms with E-state index in [0.29, 0.717) is 22.7 Å². The molecule has 0 unspecified atom stereocenters. The summed E-state index contributed by atoms with van der Waals surface area (Å²) in [5, 5.41) is 2.86. The van der Waals surface area contributed by atoms with Gasteiger partial charge in [-0.15, -0.1) is 0 Å². The number of ether oxygens (including phenoxy) is 2. The predicted molar refractivity (Wildman–Crippen MR) is 106 cm³/mol. The van der Waals surface area contributed by atoms with Crippen molar-refractivity contribution < 1.29 is 14.3 Å². The van der Waals surface area contributed by atoms with E-state index in [0.717, 1.165) is 38.5 Å². The summed E-state index contributed by atoms with van der Waals surface area (Å²) in [5.41, 5.74) is 1.09. The van der Waals surface area contributed by atoms with Crippen molar-refractivity contribution in [3.63, 3.8) is 0 Å². The molecular weight excluding hydrogens is 344 g/mol. The molecule has 0 radical (unpaired) electrons. The van der Waals surface area contributed by atoms with E-state index in [2.05, 4.69) is 27.0 Å². The molecule has 0 saturated carbocycles. The smallest absolute Gasteiger partial charge is 0.257 e. The molecule has 0 atom stereocenters. The van der Waals surface area contributed by atoms with Crippen LogP contribution in [0.5, 0.6) is 11.5 Å². The Morgan fingerprint density at radius 1 is 1.11 bits per heavy atom. The van der Waals surface area contributed by atoms with E-state index < -0.39 is 0 Å². The average molecular weight is 370 g/mol. The lowest BCUT2D eigenvalue weighted by Crippen LogP contribution is -2.46. The van der Waals surface area contributed by atoms with Crippen LogP contribution in [-0.4, -0.2) is 62.7 Å². The van der Waals surface area contributed by atoms with Crippen LogP contribution in [0.2, 0.25) is 0 Å². The number of carbonyl (C=O) groups is 1. The standard InChI is InChI=1S/C20H26N4O3/c1-4-23-9-11-24(12-10-23)19-8-5-15(14-21-19)20(25)22-17-7-6-16(26-2)13-18(17)27-3/h5-8,13-14H,4,9-12H2,1-3H3,(H,22,25). The van der Waals surface area contributed by atoms with E-state index in [9.17, 15) is 4.79 Å². The maximum atomic E-state index is 12.5. The van der Waals surface area contributed by atoms with Crippen LogP contribution in [0.1, 0.15) is 17.3 Å². The number of piperazine rings is 1. The second-order valence-corrected chi connectivity index (χ2v) is 6.35. The summed E-state index contributed by atoms with van der Waals surface area (Å²) >= 11 is 0. The number of amides is 1. The summed E-state index contributed by atoms with van der Waals surface area (Å²) in [4.78, 5) is 21.7. The van der Waals surface area contributed by atoms with Gasteiger partial charge < -0.3 is 24.6 Å². The van der Waals surface area contributed by atoms with Crippen LogP contribution < -0.4 is 19.7 Å². The highest BCUT2D eigenvalue weighted by atomic mass is 16.5. The fourth-order valence-electron chi connectivity index (χ4n) is 3.10. The molecule has 1 fully saturated rings. The number of pyridine rings is 1. The van der Waals surface area contributed by atoms with E-state index in [4.69, 9.17) is 9.47 Å². The Hall–Kier alpha value is -2.80. The van der Waals surface area contributed by atoms with Gasteiger partial charge in [0.15, 0.2) is 0 Å². The molecule has 0 aliphatic carbocycles. The van der Waals surface area contributed by atoms with Crippen molar-refractivity contribution in [3.8, 4) is 11.5 Å². The number of anilines is 2. The number of hydrogen-bond acceptors (Lipinski definition) is 6. The summed E-state index contributed by atoms with van der Waals surface area (Å²) < 4.78 is 10.5. The summed E-state index contributed by atoms with van der Waals surface area (Å²) in [6.45, 7) is 7.24. The quantitative estimate of drug-likeness (QED) is 0.843. The highest BCUT2D eigenvalue weighted by molar-refractivity contribution is 6.05. The van der Waals surface area contributed by atoms with Gasteiger partial charge in [0.05, 0.1) is 25.5 Å². The van der Waals surface area contributed by atoms with Gasteiger partial charge >= 0.3 is 0 Å². The largest absolute Gasteiger partial charge is 0.497 e. The summed E-state index contributed by atoms with van der Waals surface area (Å²) in [7, 11) is 3.14. The zero-order valence-electron chi connectivity index (χ0n) is 16.1. The van der Waals surface area contributed by atoms with Crippen LogP contribution in [0, 0.1) is 0 Å². The third-order valence-electron chi connectivity index (χ3n) is 4.81. The van der Waals surface area contributed by atoms with Crippen molar-refractivity contribution in [2.75, 3.05) is 57.2 Å². The zero-order chi connectivity index (χ0) is 19.2. The maximum absolute atomic E-state index is 12.5. The first-order valence-electron chi connectivity index (χ1n) is 9.11. The number of hydrogen-bond donors (Lipinski definition) is 1. The third-order valence-corrected chi connectivity index (χ3v) is 4.81. The molecule has 7 heteroatoms. The van der Waals surface area contributed by atoms with Crippen LogP contribution in [0.25, 0.3) is 0 Å². The fraction of sp³-hybridized carbons (Fsp3) is 0.400. The number of nitrogens with zero attached hydrogens (tertiary/aromatic N) is 3. The minimum Gasteiger partial charge on any atom is -0.497 e. The van der Waals surface area contributed by atoms with Crippen LogP contribution in [0.4, 0.5) is 11.5 Å². The molecule has 7 nitrogen and oxygen atoms in total. The Kier molecular flexibility index (Phi) is 6.13. The molecule has 1 aromatic heterocycles. The first-order chi connectivity index (χ1) is 13.1. The third kappa shape index (κ3) is 4.49. The van der Waals surface area contributed by atoms with E-state index >= 15 is 0 Å². The van der Waals surface area contributed by atoms with Crippen molar-refractivity contribution in [1.82, 2.24) is 9.88 Å². The number of carbonyl (C=O) groups excluding carboxylic acids is 1. The lowest BCUT2D eigenvalue weighted by molar-refractivity contribution is 0.102. The molecule has 1 aromatic carbocycles. The second-order valence-electron chi connectivity index (χ2n) is 6.35. The molecule has 1 aliphatic rings. The topological polar surface area (TPSA) is 66.9 Å². The van der Waals surface area contributed by atoms with Crippen molar-refractivity contribution >= 4 is 17.4 Å². The van der Waals surface area contributed by atoms with Gasteiger partial charge in [-0.2, -0.15) is 0 Å². The number of rotatable bonds is 6. The van der Waals surface area contributed by atoms with E-state index in [-0.39, 0.29) is 5.91 Å². The molecule has 2 heterocycles. The van der Waals surface area contributed by atoms with E-state index in [1.54, 1.807) is 44.7 Å². The molecule has 144 valence electrons. The number of likely N-dealkylation sites (N-methyl/N-ethyl adjacent to an activating group) is 1. The predicted octanol–water partition coefficient (Wildman–Crippen LogP) is 2.49. The molecule has 0 bridgehead atoms. The number of methoxy groups -OCH3 is 2. The van der Waals surface area contributed by atoms with Crippen molar-refractivity contribution in [2.45, 2.75) is 6.92 Å². The Morgan fingerprint density at radius 3 is 2.48 bits per heavy atom. The second kappa shape index (κ2) is 8.73. The minimum absolute atomic E-state index is 0.228. The maximum Gasteiger partial charge on any atom is 0.257 e. The molecule has 0 spiro atoms. The van der Waals surface area contributed by atoms with Gasteiger partial charge in [-0.1, -0.05) is 6.92 Å². The number of aromatic nitrogens is 1. The minimum atomic E-state index is -0.228.